The lowest BCUT2D eigenvalue weighted by atomic mass is 10.1. The van der Waals surface area contributed by atoms with Crippen LogP contribution in [-0.2, 0) is 11.3 Å². The van der Waals surface area contributed by atoms with Crippen LogP contribution in [0, 0.1) is 5.82 Å². The summed E-state index contributed by atoms with van der Waals surface area (Å²) in [5.41, 5.74) is 0.389. The van der Waals surface area contributed by atoms with Gasteiger partial charge in [0.25, 0.3) is 0 Å². The summed E-state index contributed by atoms with van der Waals surface area (Å²) < 4.78 is 19.0. The van der Waals surface area contributed by atoms with Gasteiger partial charge in [-0.25, -0.2) is 4.39 Å². The minimum Gasteiger partial charge on any atom is -0.480 e. The molecule has 1 unspecified atom stereocenters. The predicted molar refractivity (Wildman–Crippen MR) is 75.3 cm³/mol. The summed E-state index contributed by atoms with van der Waals surface area (Å²) in [7, 11) is 0. The van der Waals surface area contributed by atoms with E-state index in [1.165, 1.54) is 6.07 Å². The predicted octanol–water partition coefficient (Wildman–Crippen LogP) is 3.07. The lowest BCUT2D eigenvalue weighted by Crippen LogP contribution is -2.32. The maximum atomic E-state index is 13.6. The quantitative estimate of drug-likeness (QED) is 0.890. The van der Waals surface area contributed by atoms with E-state index < -0.39 is 12.0 Å². The summed E-state index contributed by atoms with van der Waals surface area (Å²) in [5, 5.41) is 11.5. The monoisotopic (exact) mass is 299 g/mol. The van der Waals surface area contributed by atoms with Crippen LogP contribution in [0.15, 0.2) is 40.8 Å². The molecular formula is C14H15ClFNO3. The molecule has 1 heterocycles. The fourth-order valence-corrected chi connectivity index (χ4v) is 1.62. The normalized spacial score (nSPS) is 11.7. The Morgan fingerprint density at radius 1 is 1.35 bits per heavy atom. The molecule has 0 amide bonds. The summed E-state index contributed by atoms with van der Waals surface area (Å²) in [6.45, 7) is 1.82. The Kier molecular flexibility index (Phi) is 5.73. The first kappa shape index (κ1) is 16.2. The molecule has 0 saturated heterocycles. The van der Waals surface area contributed by atoms with Crippen molar-refractivity contribution in [2.75, 3.05) is 0 Å². The molecule has 0 spiro atoms. The van der Waals surface area contributed by atoms with Crippen molar-refractivity contribution in [3.8, 4) is 11.3 Å². The van der Waals surface area contributed by atoms with E-state index in [1.807, 2.05) is 0 Å². The summed E-state index contributed by atoms with van der Waals surface area (Å²) in [4.78, 5) is 10.6. The van der Waals surface area contributed by atoms with Crippen molar-refractivity contribution < 1.29 is 18.7 Å². The minimum atomic E-state index is -0.930. The van der Waals surface area contributed by atoms with Gasteiger partial charge < -0.3 is 9.52 Å². The molecule has 2 aromatic rings. The molecule has 0 saturated carbocycles. The first-order valence-electron chi connectivity index (χ1n) is 5.87. The van der Waals surface area contributed by atoms with E-state index in [1.54, 1.807) is 37.3 Å². The molecule has 0 fully saturated rings. The molecule has 1 atom stereocenters. The number of furan rings is 1. The zero-order valence-electron chi connectivity index (χ0n) is 10.8. The van der Waals surface area contributed by atoms with E-state index in [0.29, 0.717) is 17.1 Å². The van der Waals surface area contributed by atoms with Gasteiger partial charge in [0.2, 0.25) is 0 Å². The maximum absolute atomic E-state index is 13.6. The van der Waals surface area contributed by atoms with E-state index in [-0.39, 0.29) is 24.8 Å². The largest absolute Gasteiger partial charge is 0.480 e. The van der Waals surface area contributed by atoms with Gasteiger partial charge in [0.15, 0.2) is 0 Å². The smallest absolute Gasteiger partial charge is 0.320 e. The van der Waals surface area contributed by atoms with E-state index >= 15 is 0 Å². The number of hydrogen-bond donors (Lipinski definition) is 2. The van der Waals surface area contributed by atoms with Gasteiger partial charge >= 0.3 is 5.97 Å². The van der Waals surface area contributed by atoms with Gasteiger partial charge in [-0.1, -0.05) is 12.1 Å². The van der Waals surface area contributed by atoms with Crippen molar-refractivity contribution in [2.45, 2.75) is 19.5 Å². The van der Waals surface area contributed by atoms with Crippen LogP contribution in [-0.4, -0.2) is 17.1 Å². The molecule has 1 aromatic carbocycles. The van der Waals surface area contributed by atoms with Gasteiger partial charge in [0, 0.05) is 0 Å². The molecular weight excluding hydrogens is 285 g/mol. The Balaban J connectivity index is 0.00000200. The summed E-state index contributed by atoms with van der Waals surface area (Å²) in [6.07, 6.45) is 0. The van der Waals surface area contributed by atoms with Gasteiger partial charge in [-0.3, -0.25) is 10.1 Å². The van der Waals surface area contributed by atoms with Gasteiger partial charge in [0.1, 0.15) is 23.4 Å². The van der Waals surface area contributed by atoms with Crippen LogP contribution in [0.2, 0.25) is 0 Å². The van der Waals surface area contributed by atoms with Gasteiger partial charge in [-0.05, 0) is 31.2 Å². The third-order valence-corrected chi connectivity index (χ3v) is 2.75. The number of rotatable bonds is 5. The minimum absolute atomic E-state index is 0. The van der Waals surface area contributed by atoms with Crippen molar-refractivity contribution in [1.82, 2.24) is 5.32 Å². The Morgan fingerprint density at radius 2 is 2.05 bits per heavy atom. The summed E-state index contributed by atoms with van der Waals surface area (Å²) in [6, 6.07) is 9.03. The van der Waals surface area contributed by atoms with Gasteiger partial charge in [-0.2, -0.15) is 0 Å². The highest BCUT2D eigenvalue weighted by molar-refractivity contribution is 5.85. The van der Waals surface area contributed by atoms with Gasteiger partial charge in [0.05, 0.1) is 12.1 Å². The Bertz CT molecular complexity index is 585. The number of carboxylic acid groups (broad SMARTS) is 1. The zero-order chi connectivity index (χ0) is 13.8. The van der Waals surface area contributed by atoms with Crippen LogP contribution in [0.1, 0.15) is 12.7 Å². The number of carboxylic acids is 1. The Labute approximate surface area is 122 Å². The molecule has 4 nitrogen and oxygen atoms in total. The number of aliphatic carboxylic acids is 1. The second kappa shape index (κ2) is 7.07. The second-order valence-electron chi connectivity index (χ2n) is 4.19. The third kappa shape index (κ3) is 3.82. The first-order chi connectivity index (χ1) is 9.08. The van der Waals surface area contributed by atoms with Crippen LogP contribution in [0.25, 0.3) is 11.3 Å². The number of halogens is 2. The molecule has 6 heteroatoms. The number of hydrogen-bond acceptors (Lipinski definition) is 3. The Hall–Kier alpha value is -1.85. The maximum Gasteiger partial charge on any atom is 0.320 e. The fourth-order valence-electron chi connectivity index (χ4n) is 1.62. The van der Waals surface area contributed by atoms with Crippen LogP contribution < -0.4 is 5.32 Å². The van der Waals surface area contributed by atoms with E-state index in [0.717, 1.165) is 0 Å². The van der Waals surface area contributed by atoms with Gasteiger partial charge in [-0.15, -0.1) is 12.4 Å². The number of nitrogens with one attached hydrogen (secondary N) is 1. The highest BCUT2D eigenvalue weighted by atomic mass is 35.5. The zero-order valence-corrected chi connectivity index (χ0v) is 11.6. The molecule has 20 heavy (non-hydrogen) atoms. The number of benzene rings is 1. The van der Waals surface area contributed by atoms with Crippen LogP contribution >= 0.6 is 12.4 Å². The van der Waals surface area contributed by atoms with Crippen LogP contribution in [0.4, 0.5) is 4.39 Å². The highest BCUT2D eigenvalue weighted by Gasteiger charge is 2.12. The standard InChI is InChI=1S/C14H14FNO3.ClH/c1-9(14(17)18)16-8-10-6-7-13(19-10)11-4-2-3-5-12(11)15;/h2-7,9,16H,8H2,1H3,(H,17,18);1H. The lowest BCUT2D eigenvalue weighted by Gasteiger charge is -2.06. The van der Waals surface area contributed by atoms with Crippen molar-refractivity contribution in [3.05, 3.63) is 48.0 Å². The molecule has 0 bridgehead atoms. The topological polar surface area (TPSA) is 62.5 Å². The summed E-state index contributed by atoms with van der Waals surface area (Å²) >= 11 is 0. The summed E-state index contributed by atoms with van der Waals surface area (Å²) in [5.74, 6) is -0.291. The molecule has 0 aliphatic rings. The average molecular weight is 300 g/mol. The fraction of sp³-hybridized carbons (Fsp3) is 0.214. The van der Waals surface area contributed by atoms with Crippen molar-refractivity contribution >= 4 is 18.4 Å². The second-order valence-corrected chi connectivity index (χ2v) is 4.19. The van der Waals surface area contributed by atoms with Crippen LogP contribution in [0.5, 0.6) is 0 Å². The first-order valence-corrected chi connectivity index (χ1v) is 5.87. The Morgan fingerprint density at radius 3 is 2.70 bits per heavy atom. The van der Waals surface area contributed by atoms with Crippen LogP contribution in [0.3, 0.4) is 0 Å². The van der Waals surface area contributed by atoms with Crippen molar-refractivity contribution in [2.24, 2.45) is 0 Å². The van der Waals surface area contributed by atoms with Crippen molar-refractivity contribution in [1.29, 1.82) is 0 Å². The lowest BCUT2D eigenvalue weighted by molar-refractivity contribution is -0.139. The molecule has 108 valence electrons. The molecule has 0 aliphatic carbocycles. The highest BCUT2D eigenvalue weighted by Crippen LogP contribution is 2.24. The van der Waals surface area contributed by atoms with E-state index in [2.05, 4.69) is 5.32 Å². The molecule has 1 aromatic heterocycles. The average Bonchev–Trinajstić information content (AvgIpc) is 2.85. The molecule has 2 N–H and O–H groups in total. The van der Waals surface area contributed by atoms with Crippen molar-refractivity contribution in [3.63, 3.8) is 0 Å². The van der Waals surface area contributed by atoms with E-state index in [4.69, 9.17) is 9.52 Å². The molecule has 0 aliphatic heterocycles. The SMILES string of the molecule is CC(NCc1ccc(-c2ccccc2F)o1)C(=O)O.Cl. The van der Waals surface area contributed by atoms with E-state index in [9.17, 15) is 9.18 Å². The molecule has 2 rings (SSSR count). The molecule has 0 radical (unpaired) electrons. The third-order valence-electron chi connectivity index (χ3n) is 2.75. The number of carbonyl (C=O) groups is 1.